The van der Waals surface area contributed by atoms with E-state index in [9.17, 15) is 29.4 Å². The number of para-hydroxylation sites is 3. The third-order valence-electron chi connectivity index (χ3n) is 10.7. The van der Waals surface area contributed by atoms with Gasteiger partial charge in [-0.3, -0.25) is 24.1 Å². The zero-order valence-corrected chi connectivity index (χ0v) is 30.3. The molecule has 3 amide bonds. The molecule has 3 heterocycles. The van der Waals surface area contributed by atoms with Crippen LogP contribution in [-0.2, 0) is 37.7 Å². The van der Waals surface area contributed by atoms with Crippen LogP contribution in [0.25, 0.3) is 0 Å². The first kappa shape index (κ1) is 36.6. The molecule has 0 bridgehead atoms. The maximum Gasteiger partial charge on any atom is 0.305 e. The maximum atomic E-state index is 14.4. The van der Waals surface area contributed by atoms with Crippen molar-refractivity contribution in [3.05, 3.63) is 125 Å². The fraction of sp³-hybridized carbons (Fsp3) is 0.302. The minimum absolute atomic E-state index is 0.00981. The molecule has 0 unspecified atom stereocenters. The molecule has 4 aromatic rings. The Hall–Kier alpha value is -5.78. The molecule has 7 rings (SSSR count). The number of anilines is 3. The second-order valence-electron chi connectivity index (χ2n) is 13.9. The van der Waals surface area contributed by atoms with Crippen LogP contribution < -0.4 is 14.5 Å². The number of rotatable bonds is 11. The molecule has 3 aliphatic heterocycles. The van der Waals surface area contributed by atoms with Gasteiger partial charge < -0.3 is 29.5 Å². The van der Waals surface area contributed by atoms with Gasteiger partial charge >= 0.3 is 5.97 Å². The van der Waals surface area contributed by atoms with E-state index in [-0.39, 0.29) is 49.8 Å². The third kappa shape index (κ3) is 6.65. The monoisotopic (exact) mass is 729 g/mol. The summed E-state index contributed by atoms with van der Waals surface area (Å²) in [4.78, 5) is 58.6. The molecule has 2 N–H and O–H groups in total. The summed E-state index contributed by atoms with van der Waals surface area (Å²) < 4.78 is 11.0. The van der Waals surface area contributed by atoms with E-state index in [1.807, 2.05) is 30.3 Å². The number of carbonyl (C=O) groups excluding carboxylic acids is 4. The summed E-state index contributed by atoms with van der Waals surface area (Å²) >= 11 is 0. The van der Waals surface area contributed by atoms with Crippen molar-refractivity contribution < 1.29 is 38.9 Å². The number of methoxy groups -OCH3 is 1. The summed E-state index contributed by atoms with van der Waals surface area (Å²) in [5.41, 5.74) is 2.20. The van der Waals surface area contributed by atoms with E-state index in [1.165, 1.54) is 16.9 Å². The smallest absolute Gasteiger partial charge is 0.305 e. The predicted molar refractivity (Wildman–Crippen MR) is 202 cm³/mol. The van der Waals surface area contributed by atoms with Crippen LogP contribution in [-0.4, -0.2) is 65.1 Å². The molecule has 11 nitrogen and oxygen atoms in total. The molecule has 54 heavy (non-hydrogen) atoms. The quantitative estimate of drug-likeness (QED) is 0.106. The van der Waals surface area contributed by atoms with Gasteiger partial charge in [0.1, 0.15) is 5.75 Å². The first-order valence-electron chi connectivity index (χ1n) is 18.3. The molecule has 0 saturated heterocycles. The van der Waals surface area contributed by atoms with Crippen LogP contribution in [0.2, 0.25) is 0 Å². The Balaban J connectivity index is 1.20. The van der Waals surface area contributed by atoms with Gasteiger partial charge in [-0.2, -0.15) is 0 Å². The molecule has 278 valence electrons. The summed E-state index contributed by atoms with van der Waals surface area (Å²) in [7, 11) is 1.33. The molecule has 11 heteroatoms. The summed E-state index contributed by atoms with van der Waals surface area (Å²) in [6.07, 6.45) is 5.07. The first-order valence-corrected chi connectivity index (χ1v) is 18.3. The van der Waals surface area contributed by atoms with Gasteiger partial charge in [-0.05, 0) is 72.9 Å². The van der Waals surface area contributed by atoms with E-state index in [2.05, 4.69) is 0 Å². The number of esters is 1. The largest absolute Gasteiger partial charge is 0.469 e. The Kier molecular flexibility index (Phi) is 10.4. The highest BCUT2D eigenvalue weighted by Gasteiger charge is 2.53. The Morgan fingerprint density at radius 1 is 0.944 bits per heavy atom. The van der Waals surface area contributed by atoms with Gasteiger partial charge in [0.2, 0.25) is 5.91 Å². The highest BCUT2D eigenvalue weighted by Crippen LogP contribution is 2.49. The Labute approximate surface area is 314 Å². The fourth-order valence-corrected chi connectivity index (χ4v) is 7.67. The van der Waals surface area contributed by atoms with Crippen molar-refractivity contribution in [2.45, 2.75) is 57.2 Å². The number of benzene rings is 4. The number of fused-ring (bicyclic) bond motifs is 4. The van der Waals surface area contributed by atoms with Crippen molar-refractivity contribution in [3.63, 3.8) is 0 Å². The molecule has 0 fully saturated rings. The fourth-order valence-electron chi connectivity index (χ4n) is 7.67. The number of carbonyl (C=O) groups is 4. The average Bonchev–Trinajstić information content (AvgIpc) is 3.32. The van der Waals surface area contributed by atoms with Crippen molar-refractivity contribution >= 4 is 40.8 Å². The third-order valence-corrected chi connectivity index (χ3v) is 10.7. The standard InChI is InChI=1S/C43H43N3O8/c1-28(12-11-19-39(48)45-26-30-14-4-3-13-29(30)24-32(45)27-47)43(52)34-25-31(21-22-35(34)44(42(43)51)23-10-9-20-40(49)53-2)46-36-16-6-8-18-38(36)54-37-17-7-5-15-33(37)41(46)50/h3-8,11-18,21-22,25,28,32,47,52H,9-10,19-20,23-24,26-27H2,1-2H3/b12-11+/t28-,32+,43+/m1/s1. The maximum absolute atomic E-state index is 14.4. The number of aliphatic hydroxyl groups is 2. The second kappa shape index (κ2) is 15.3. The zero-order chi connectivity index (χ0) is 38.0. The van der Waals surface area contributed by atoms with Gasteiger partial charge in [0.05, 0.1) is 36.7 Å². The van der Waals surface area contributed by atoms with E-state index >= 15 is 0 Å². The number of unbranched alkanes of at least 4 members (excludes halogenated alkanes) is 1. The second-order valence-corrected chi connectivity index (χ2v) is 13.9. The van der Waals surface area contributed by atoms with Gasteiger partial charge in [0.25, 0.3) is 11.8 Å². The molecule has 3 aliphatic rings. The molecule has 3 atom stereocenters. The molecular formula is C43H43N3O8. The minimum atomic E-state index is -2.05. The van der Waals surface area contributed by atoms with E-state index in [0.29, 0.717) is 65.5 Å². The van der Waals surface area contributed by atoms with Crippen LogP contribution in [0.15, 0.2) is 103 Å². The number of nitrogens with zero attached hydrogens (tertiary/aromatic N) is 3. The Bertz CT molecular complexity index is 2130. The van der Waals surface area contributed by atoms with Gasteiger partial charge in [-0.1, -0.05) is 67.6 Å². The molecule has 0 aliphatic carbocycles. The van der Waals surface area contributed by atoms with Crippen molar-refractivity contribution in [2.24, 2.45) is 5.92 Å². The molecular weight excluding hydrogens is 686 g/mol. The summed E-state index contributed by atoms with van der Waals surface area (Å²) in [5, 5.41) is 22.7. The lowest BCUT2D eigenvalue weighted by Gasteiger charge is -2.36. The van der Waals surface area contributed by atoms with Crippen molar-refractivity contribution in [2.75, 3.05) is 30.1 Å². The Morgan fingerprint density at radius 3 is 2.44 bits per heavy atom. The first-order chi connectivity index (χ1) is 26.1. The van der Waals surface area contributed by atoms with E-state index in [1.54, 1.807) is 84.6 Å². The van der Waals surface area contributed by atoms with Crippen molar-refractivity contribution in [1.29, 1.82) is 0 Å². The number of hydrogen-bond donors (Lipinski definition) is 2. The summed E-state index contributed by atoms with van der Waals surface area (Å²) in [6.45, 7) is 2.19. The van der Waals surface area contributed by atoms with Gasteiger partial charge in [-0.25, -0.2) is 0 Å². The number of ether oxygens (including phenoxy) is 2. The van der Waals surface area contributed by atoms with Gasteiger partial charge in [-0.15, -0.1) is 0 Å². The normalized spacial score (nSPS) is 19.4. The number of amides is 3. The van der Waals surface area contributed by atoms with E-state index in [4.69, 9.17) is 9.47 Å². The Morgan fingerprint density at radius 2 is 1.67 bits per heavy atom. The lowest BCUT2D eigenvalue weighted by molar-refractivity contribution is -0.140. The molecule has 0 spiro atoms. The lowest BCUT2D eigenvalue weighted by Crippen LogP contribution is -2.46. The topological polar surface area (TPSA) is 137 Å². The molecule has 4 aromatic carbocycles. The minimum Gasteiger partial charge on any atom is -0.469 e. The number of aliphatic hydroxyl groups excluding tert-OH is 1. The average molecular weight is 730 g/mol. The summed E-state index contributed by atoms with van der Waals surface area (Å²) in [5.74, 6) is -1.31. The predicted octanol–water partition coefficient (Wildman–Crippen LogP) is 6.18. The van der Waals surface area contributed by atoms with Crippen LogP contribution in [0.3, 0.4) is 0 Å². The highest BCUT2D eigenvalue weighted by molar-refractivity contribution is 6.15. The van der Waals surface area contributed by atoms with E-state index in [0.717, 1.165) is 11.1 Å². The molecule has 0 aromatic heterocycles. The number of hydrogen-bond acceptors (Lipinski definition) is 8. The zero-order valence-electron chi connectivity index (χ0n) is 30.3. The molecule has 0 radical (unpaired) electrons. The van der Waals surface area contributed by atoms with Crippen LogP contribution in [0.1, 0.15) is 59.7 Å². The van der Waals surface area contributed by atoms with Crippen LogP contribution in [0, 0.1) is 5.92 Å². The summed E-state index contributed by atoms with van der Waals surface area (Å²) in [6, 6.07) is 26.9. The van der Waals surface area contributed by atoms with Crippen LogP contribution in [0.4, 0.5) is 17.1 Å². The van der Waals surface area contributed by atoms with E-state index < -0.39 is 17.4 Å². The van der Waals surface area contributed by atoms with Crippen molar-refractivity contribution in [1.82, 2.24) is 4.90 Å². The van der Waals surface area contributed by atoms with Crippen LogP contribution in [0.5, 0.6) is 11.5 Å². The van der Waals surface area contributed by atoms with Crippen molar-refractivity contribution in [3.8, 4) is 11.5 Å². The van der Waals surface area contributed by atoms with Crippen LogP contribution >= 0.6 is 0 Å². The lowest BCUT2D eigenvalue weighted by atomic mass is 9.82. The highest BCUT2D eigenvalue weighted by atomic mass is 16.5. The molecule has 0 saturated carbocycles. The SMILES string of the molecule is COC(=O)CCCCN1C(=O)[C@](O)([C@H](C)/C=C/CC(=O)N2Cc3ccccc3C[C@H]2CO)c2cc(N3C(=O)c4ccccc4Oc4ccccc43)ccc21. The van der Waals surface area contributed by atoms with Gasteiger partial charge in [0.15, 0.2) is 11.4 Å². The van der Waals surface area contributed by atoms with Gasteiger partial charge in [0, 0.05) is 43.1 Å².